The van der Waals surface area contributed by atoms with Crippen molar-refractivity contribution in [2.75, 3.05) is 0 Å². The third-order valence-electron chi connectivity index (χ3n) is 0.211. The zero-order chi connectivity index (χ0) is 5.15. The zero-order valence-electron chi connectivity index (χ0n) is 3.92. The Morgan fingerprint density at radius 1 is 1.57 bits per heavy atom. The van der Waals surface area contributed by atoms with E-state index in [4.69, 9.17) is 11.7 Å². The maximum absolute atomic E-state index is 4.80. The number of nitrogens with zero attached hydrogens (tertiary/aromatic N) is 1. The number of hydrogen-bond acceptors (Lipinski definition) is 4. The third-order valence-corrected chi connectivity index (χ3v) is 0.632. The van der Waals surface area contributed by atoms with Crippen LogP contribution in [0.1, 0.15) is 0 Å². The molecule has 7 heavy (non-hydrogen) atoms. The molecule has 0 bridgehead atoms. The monoisotopic (exact) mass is 145 g/mol. The molecule has 0 atom stereocenters. The first kappa shape index (κ1) is 10.9. The van der Waals surface area contributed by atoms with E-state index in [2.05, 4.69) is 24.8 Å². The van der Waals surface area contributed by atoms with E-state index in [0.717, 1.165) is 0 Å². The van der Waals surface area contributed by atoms with Crippen LogP contribution in [0.15, 0.2) is 0 Å². The Morgan fingerprint density at radius 3 is 1.71 bits per heavy atom. The summed E-state index contributed by atoms with van der Waals surface area (Å²) in [6.07, 6.45) is 0. The molecule has 0 amide bonds. The minimum atomic E-state index is 0. The summed E-state index contributed by atoms with van der Waals surface area (Å²) < 4.78 is 0.0648. The average molecular weight is 145 g/mol. The summed E-state index contributed by atoms with van der Waals surface area (Å²) >= 11 is 8.62. The van der Waals surface area contributed by atoms with Crippen LogP contribution in [-0.2, 0) is 12.6 Å². The van der Waals surface area contributed by atoms with Gasteiger partial charge in [0.05, 0.1) is 0 Å². The number of nitrogens with two attached hydrogens (primary N) is 2. The predicted octanol–water partition coefficient (Wildman–Crippen LogP) is -4.13. The van der Waals surface area contributed by atoms with Crippen molar-refractivity contribution in [3.63, 3.8) is 0 Å². The fourth-order valence-corrected chi connectivity index (χ4v) is 0. The molecule has 0 saturated carbocycles. The van der Waals surface area contributed by atoms with Gasteiger partial charge in [0.15, 0.2) is 0 Å². The minimum Gasteiger partial charge on any atom is -0.408 e. The Kier molecular flexibility index (Phi) is 8.06. The number of thiocarbonyl (C=S) groups is 1. The van der Waals surface area contributed by atoms with E-state index in [1.807, 2.05) is 0 Å². The van der Waals surface area contributed by atoms with E-state index in [-0.39, 0.29) is 33.9 Å². The van der Waals surface area contributed by atoms with Gasteiger partial charge >= 0.3 is 29.6 Å². The van der Waals surface area contributed by atoms with Gasteiger partial charge in [-0.1, -0.05) is 0 Å². The molecule has 4 N–H and O–H groups in total. The van der Waals surface area contributed by atoms with Crippen LogP contribution in [0.3, 0.4) is 0 Å². The number of rotatable bonds is 0. The molecule has 0 aliphatic carbocycles. The van der Waals surface area contributed by atoms with Crippen molar-refractivity contribution >= 4 is 29.2 Å². The van der Waals surface area contributed by atoms with Crippen LogP contribution in [0.4, 0.5) is 0 Å². The van der Waals surface area contributed by atoms with Crippen molar-refractivity contribution in [1.29, 1.82) is 0 Å². The summed E-state index contributed by atoms with van der Waals surface area (Å²) in [5.41, 5.74) is 0. The minimum absolute atomic E-state index is 0. The smallest absolute Gasteiger partial charge is 0.408 e. The molecule has 6 heteroatoms. The van der Waals surface area contributed by atoms with Crippen molar-refractivity contribution in [1.82, 2.24) is 5.12 Å². The van der Waals surface area contributed by atoms with Crippen LogP contribution in [0, 0.1) is 0 Å². The van der Waals surface area contributed by atoms with Gasteiger partial charge in [0.2, 0.25) is 0 Å². The van der Waals surface area contributed by atoms with Gasteiger partial charge in [0.25, 0.3) is 0 Å². The van der Waals surface area contributed by atoms with Crippen molar-refractivity contribution in [3.8, 4) is 0 Å². The molecule has 0 aromatic carbocycles. The Labute approximate surface area is 75.0 Å². The van der Waals surface area contributed by atoms with Gasteiger partial charge < -0.3 is 24.8 Å². The van der Waals surface area contributed by atoms with Crippen molar-refractivity contribution in [2.24, 2.45) is 11.7 Å². The standard InChI is InChI=1S/CH5N3S2.Na/c2-4(3)1(5)6;/h2-3H2,(H,5,6);/q;+1/p-1. The normalized spacial score (nSPS) is 6.57. The van der Waals surface area contributed by atoms with E-state index in [1.54, 1.807) is 0 Å². The van der Waals surface area contributed by atoms with Crippen LogP contribution >= 0.6 is 12.2 Å². The molecule has 0 aromatic rings. The second-order valence-electron chi connectivity index (χ2n) is 0.673. The molecule has 0 radical (unpaired) electrons. The molecule has 0 rings (SSSR count). The van der Waals surface area contributed by atoms with Crippen LogP contribution in [-0.4, -0.2) is 9.44 Å². The molecule has 0 aliphatic rings. The van der Waals surface area contributed by atoms with Gasteiger partial charge in [0.1, 0.15) is 0 Å². The van der Waals surface area contributed by atoms with E-state index < -0.39 is 0 Å². The van der Waals surface area contributed by atoms with Crippen molar-refractivity contribution in [2.45, 2.75) is 0 Å². The molecule has 0 fully saturated rings. The molecule has 0 spiro atoms. The molecular formula is CH4N3NaS2. The van der Waals surface area contributed by atoms with Crippen LogP contribution in [0.25, 0.3) is 0 Å². The average Bonchev–Trinajstić information content (AvgIpc) is 1.36. The van der Waals surface area contributed by atoms with Crippen LogP contribution in [0.2, 0.25) is 0 Å². The van der Waals surface area contributed by atoms with E-state index in [1.165, 1.54) is 0 Å². The topological polar surface area (TPSA) is 55.3 Å². The fraction of sp³-hybridized carbons (Fsp3) is 0. The summed E-state index contributed by atoms with van der Waals surface area (Å²) in [4.78, 5) is 0. The van der Waals surface area contributed by atoms with E-state index >= 15 is 0 Å². The summed E-state index contributed by atoms with van der Waals surface area (Å²) in [7, 11) is 0. The molecule has 0 aliphatic heterocycles. The largest absolute Gasteiger partial charge is 1.00 e. The second-order valence-corrected chi connectivity index (χ2v) is 1.70. The molecule has 3 nitrogen and oxygen atoms in total. The van der Waals surface area contributed by atoms with Crippen molar-refractivity contribution in [3.05, 3.63) is 0 Å². The maximum Gasteiger partial charge on any atom is 1.00 e. The first-order valence-corrected chi connectivity index (χ1v) is 1.96. The van der Waals surface area contributed by atoms with E-state index in [9.17, 15) is 0 Å². The van der Waals surface area contributed by atoms with Gasteiger partial charge in [-0.15, -0.1) is 0 Å². The molecular weight excluding hydrogens is 141 g/mol. The SMILES string of the molecule is NN(N)C(=S)[S-].[Na+]. The Bertz CT molecular complexity index is 64.0. The Hall–Kier alpha value is 1.03. The van der Waals surface area contributed by atoms with Gasteiger partial charge in [0, 0.05) is 0 Å². The number of hydrazine groups is 2. The predicted molar refractivity (Wildman–Crippen MR) is 30.2 cm³/mol. The summed E-state index contributed by atoms with van der Waals surface area (Å²) in [6, 6.07) is 0. The first-order valence-electron chi connectivity index (χ1n) is 1.15. The molecule has 0 unspecified atom stereocenters. The van der Waals surface area contributed by atoms with Gasteiger partial charge in [-0.2, -0.15) is 0 Å². The van der Waals surface area contributed by atoms with E-state index in [0.29, 0.717) is 5.12 Å². The quantitative estimate of drug-likeness (QED) is 0.119. The molecule has 0 heterocycles. The fourth-order valence-electron chi connectivity index (χ4n) is 0. The summed E-state index contributed by atoms with van der Waals surface area (Å²) in [5.74, 6) is 9.60. The molecule has 36 valence electrons. The molecule has 0 aromatic heterocycles. The van der Waals surface area contributed by atoms with Crippen LogP contribution < -0.4 is 41.2 Å². The van der Waals surface area contributed by atoms with Crippen LogP contribution in [0.5, 0.6) is 0 Å². The third kappa shape index (κ3) is 7.03. The maximum atomic E-state index is 4.80. The zero-order valence-corrected chi connectivity index (χ0v) is 7.55. The van der Waals surface area contributed by atoms with Gasteiger partial charge in [-0.25, -0.2) is 11.7 Å². The van der Waals surface area contributed by atoms with Gasteiger partial charge in [-0.05, 0) is 4.32 Å². The van der Waals surface area contributed by atoms with Crippen molar-refractivity contribution < 1.29 is 29.6 Å². The molecule has 0 saturated heterocycles. The summed E-state index contributed by atoms with van der Waals surface area (Å²) in [6.45, 7) is 0. The van der Waals surface area contributed by atoms with Gasteiger partial charge in [-0.3, -0.25) is 5.12 Å². The second kappa shape index (κ2) is 5.17. The number of hydrogen-bond donors (Lipinski definition) is 2. The Morgan fingerprint density at radius 2 is 1.71 bits per heavy atom. The first-order chi connectivity index (χ1) is 2.64. The summed E-state index contributed by atoms with van der Waals surface area (Å²) in [5, 5.41) is 0.713. The Balaban J connectivity index is 0.